The number of nitrogens with two attached hydrogens (primary N) is 1. The molecule has 0 radical (unpaired) electrons. The average Bonchev–Trinajstić information content (AvgIpc) is 2.68. The molecule has 106 valence electrons. The Kier molecular flexibility index (Phi) is 5.11. The van der Waals surface area contributed by atoms with Crippen molar-refractivity contribution in [3.8, 4) is 0 Å². The van der Waals surface area contributed by atoms with Crippen LogP contribution in [0.25, 0.3) is 0 Å². The molecule has 19 heavy (non-hydrogen) atoms. The van der Waals surface area contributed by atoms with E-state index in [2.05, 4.69) is 20.3 Å². The molecule has 1 aromatic heterocycles. The Morgan fingerprint density at radius 2 is 1.95 bits per heavy atom. The van der Waals surface area contributed by atoms with Crippen LogP contribution in [0, 0.1) is 0 Å². The predicted octanol–water partition coefficient (Wildman–Crippen LogP) is 0.410. The molecule has 0 fully saturated rings. The SMILES string of the molecule is CNC(=O)C(C)Nc1snc(N)c1C(=O)NC(C)C. The molecule has 0 aliphatic heterocycles. The summed E-state index contributed by atoms with van der Waals surface area (Å²) in [6, 6.07) is -0.480. The Bertz CT molecular complexity index is 472. The van der Waals surface area contributed by atoms with E-state index < -0.39 is 6.04 Å². The summed E-state index contributed by atoms with van der Waals surface area (Å²) < 4.78 is 3.95. The van der Waals surface area contributed by atoms with Crippen LogP contribution in [0.5, 0.6) is 0 Å². The smallest absolute Gasteiger partial charge is 0.258 e. The lowest BCUT2D eigenvalue weighted by molar-refractivity contribution is -0.121. The van der Waals surface area contributed by atoms with Crippen molar-refractivity contribution in [2.75, 3.05) is 18.1 Å². The minimum absolute atomic E-state index is 0.00369. The van der Waals surface area contributed by atoms with Crippen molar-refractivity contribution in [3.05, 3.63) is 5.56 Å². The minimum atomic E-state index is -0.476. The van der Waals surface area contributed by atoms with E-state index in [0.717, 1.165) is 11.5 Å². The standard InChI is InChI=1S/C11H19N5O2S/c1-5(2)14-10(18)7-8(12)16-19-11(7)15-6(3)9(17)13-4/h5-6,15H,1-4H3,(H2,12,16)(H,13,17)(H,14,18). The number of amides is 2. The molecule has 0 bridgehead atoms. The number of carbonyl (C=O) groups is 2. The maximum Gasteiger partial charge on any atom is 0.258 e. The first kappa shape index (κ1) is 15.2. The normalized spacial score (nSPS) is 12.1. The summed E-state index contributed by atoms with van der Waals surface area (Å²) in [5, 5.41) is 8.71. The molecule has 0 saturated carbocycles. The summed E-state index contributed by atoms with van der Waals surface area (Å²) in [7, 11) is 1.55. The summed E-state index contributed by atoms with van der Waals surface area (Å²) >= 11 is 1.06. The number of nitrogens with zero attached hydrogens (tertiary/aromatic N) is 1. The van der Waals surface area contributed by atoms with Crippen molar-refractivity contribution in [2.24, 2.45) is 0 Å². The lowest BCUT2D eigenvalue weighted by atomic mass is 10.2. The van der Waals surface area contributed by atoms with Crippen molar-refractivity contribution in [2.45, 2.75) is 32.9 Å². The third-order valence-electron chi connectivity index (χ3n) is 2.35. The van der Waals surface area contributed by atoms with Crippen molar-refractivity contribution < 1.29 is 9.59 Å². The number of carbonyl (C=O) groups excluding carboxylic acids is 2. The summed E-state index contributed by atoms with van der Waals surface area (Å²) in [6.45, 7) is 5.40. The number of anilines is 2. The van der Waals surface area contributed by atoms with Crippen LogP contribution >= 0.6 is 11.5 Å². The van der Waals surface area contributed by atoms with Crippen LogP contribution in [0.4, 0.5) is 10.8 Å². The van der Waals surface area contributed by atoms with Crippen molar-refractivity contribution in [1.82, 2.24) is 15.0 Å². The van der Waals surface area contributed by atoms with Crippen LogP contribution < -0.4 is 21.7 Å². The fourth-order valence-electron chi connectivity index (χ4n) is 1.43. The maximum absolute atomic E-state index is 12.0. The van der Waals surface area contributed by atoms with Gasteiger partial charge in [-0.25, -0.2) is 0 Å². The van der Waals surface area contributed by atoms with E-state index in [1.807, 2.05) is 13.8 Å². The summed E-state index contributed by atoms with van der Waals surface area (Å²) in [5.41, 5.74) is 5.99. The second-order valence-electron chi connectivity index (χ2n) is 4.38. The monoisotopic (exact) mass is 285 g/mol. The Labute approximate surface area is 116 Å². The van der Waals surface area contributed by atoms with Crippen LogP contribution in [-0.4, -0.2) is 35.3 Å². The quantitative estimate of drug-likeness (QED) is 0.626. The third-order valence-corrected chi connectivity index (χ3v) is 3.15. The fraction of sp³-hybridized carbons (Fsp3) is 0.545. The van der Waals surface area contributed by atoms with Gasteiger partial charge in [0.1, 0.15) is 16.6 Å². The van der Waals surface area contributed by atoms with Gasteiger partial charge in [0.05, 0.1) is 0 Å². The van der Waals surface area contributed by atoms with Gasteiger partial charge >= 0.3 is 0 Å². The van der Waals surface area contributed by atoms with Crippen LogP contribution in [0.1, 0.15) is 31.1 Å². The number of likely N-dealkylation sites (N-methyl/N-ethyl adjacent to an activating group) is 1. The van der Waals surface area contributed by atoms with Gasteiger partial charge in [-0.15, -0.1) is 0 Å². The molecule has 0 aliphatic rings. The molecular formula is C11H19N5O2S. The highest BCUT2D eigenvalue weighted by atomic mass is 32.1. The number of rotatable bonds is 5. The Morgan fingerprint density at radius 1 is 1.32 bits per heavy atom. The van der Waals surface area contributed by atoms with E-state index in [1.54, 1.807) is 14.0 Å². The van der Waals surface area contributed by atoms with Crippen molar-refractivity contribution in [3.63, 3.8) is 0 Å². The van der Waals surface area contributed by atoms with E-state index >= 15 is 0 Å². The van der Waals surface area contributed by atoms with Gasteiger partial charge in [-0.2, -0.15) is 4.37 Å². The topological polar surface area (TPSA) is 109 Å². The minimum Gasteiger partial charge on any atom is -0.382 e. The average molecular weight is 285 g/mol. The molecule has 1 aromatic rings. The Morgan fingerprint density at radius 3 is 2.47 bits per heavy atom. The van der Waals surface area contributed by atoms with Crippen LogP contribution in [0.15, 0.2) is 0 Å². The number of hydrogen-bond acceptors (Lipinski definition) is 6. The fourth-order valence-corrected chi connectivity index (χ4v) is 2.23. The maximum atomic E-state index is 12.0. The number of nitrogens with one attached hydrogen (secondary N) is 3. The Balaban J connectivity index is 2.91. The van der Waals surface area contributed by atoms with E-state index in [4.69, 9.17) is 5.73 Å². The molecule has 1 atom stereocenters. The molecule has 1 heterocycles. The first-order chi connectivity index (χ1) is 8.86. The van der Waals surface area contributed by atoms with Gasteiger partial charge in [0.15, 0.2) is 5.82 Å². The molecule has 1 rings (SSSR count). The first-order valence-electron chi connectivity index (χ1n) is 5.91. The highest BCUT2D eigenvalue weighted by molar-refractivity contribution is 7.11. The molecule has 1 unspecified atom stereocenters. The molecule has 0 spiro atoms. The van der Waals surface area contributed by atoms with Crippen LogP contribution in [0.3, 0.4) is 0 Å². The van der Waals surface area contributed by atoms with Gasteiger partial charge in [-0.05, 0) is 32.3 Å². The molecule has 0 aromatic carbocycles. The molecule has 0 saturated heterocycles. The van der Waals surface area contributed by atoms with Gasteiger partial charge in [0.2, 0.25) is 5.91 Å². The predicted molar refractivity (Wildman–Crippen MR) is 76.3 cm³/mol. The Hall–Kier alpha value is -1.83. The molecule has 0 aliphatic carbocycles. The molecule has 8 heteroatoms. The van der Waals surface area contributed by atoms with Crippen LogP contribution in [0.2, 0.25) is 0 Å². The van der Waals surface area contributed by atoms with Crippen molar-refractivity contribution >= 4 is 34.2 Å². The third kappa shape index (κ3) is 3.82. The zero-order valence-corrected chi connectivity index (χ0v) is 12.2. The molecular weight excluding hydrogens is 266 g/mol. The van der Waals surface area contributed by atoms with E-state index in [-0.39, 0.29) is 29.2 Å². The molecule has 2 amide bonds. The highest BCUT2D eigenvalue weighted by Crippen LogP contribution is 2.27. The van der Waals surface area contributed by atoms with E-state index in [1.165, 1.54) is 0 Å². The zero-order valence-electron chi connectivity index (χ0n) is 11.4. The van der Waals surface area contributed by atoms with Gasteiger partial charge in [0.25, 0.3) is 5.91 Å². The largest absolute Gasteiger partial charge is 0.382 e. The number of nitrogen functional groups attached to an aromatic ring is 1. The number of aromatic nitrogens is 1. The lowest BCUT2D eigenvalue weighted by Crippen LogP contribution is -2.36. The van der Waals surface area contributed by atoms with E-state index in [0.29, 0.717) is 5.00 Å². The molecule has 7 nitrogen and oxygen atoms in total. The van der Waals surface area contributed by atoms with E-state index in [9.17, 15) is 9.59 Å². The van der Waals surface area contributed by atoms with Gasteiger partial charge in [-0.1, -0.05) is 0 Å². The van der Waals surface area contributed by atoms with Crippen molar-refractivity contribution in [1.29, 1.82) is 0 Å². The lowest BCUT2D eigenvalue weighted by Gasteiger charge is -2.14. The summed E-state index contributed by atoms with van der Waals surface area (Å²) in [4.78, 5) is 23.5. The summed E-state index contributed by atoms with van der Waals surface area (Å²) in [5.74, 6) is -0.315. The van der Waals surface area contributed by atoms with Crippen LogP contribution in [-0.2, 0) is 4.79 Å². The van der Waals surface area contributed by atoms with Gasteiger partial charge < -0.3 is 21.7 Å². The number of hydrogen-bond donors (Lipinski definition) is 4. The zero-order chi connectivity index (χ0) is 14.6. The summed E-state index contributed by atoms with van der Waals surface area (Å²) in [6.07, 6.45) is 0. The van der Waals surface area contributed by atoms with Gasteiger partial charge in [-0.3, -0.25) is 9.59 Å². The first-order valence-corrected chi connectivity index (χ1v) is 6.68. The van der Waals surface area contributed by atoms with Gasteiger partial charge in [0, 0.05) is 13.1 Å². The second kappa shape index (κ2) is 6.37. The second-order valence-corrected chi connectivity index (χ2v) is 5.15. The molecule has 5 N–H and O–H groups in total. The highest BCUT2D eigenvalue weighted by Gasteiger charge is 2.22.